The zero-order chi connectivity index (χ0) is 16.3. The highest BCUT2D eigenvalue weighted by Crippen LogP contribution is 2.35. The molecule has 1 unspecified atom stereocenters. The van der Waals surface area contributed by atoms with Gasteiger partial charge in [-0.2, -0.15) is 4.98 Å². The monoisotopic (exact) mass is 322 g/mol. The molecule has 7 nitrogen and oxygen atoms in total. The van der Waals surface area contributed by atoms with Crippen LogP contribution in [0.1, 0.15) is 56.8 Å². The van der Waals surface area contributed by atoms with Crippen molar-refractivity contribution in [2.45, 2.75) is 57.5 Å². The Labute approximate surface area is 136 Å². The van der Waals surface area contributed by atoms with E-state index in [0.717, 1.165) is 38.8 Å². The zero-order valence-corrected chi connectivity index (χ0v) is 14.0. The molecule has 2 aliphatic rings. The number of aromatic nitrogens is 2. The molecule has 7 heteroatoms. The Kier molecular flexibility index (Phi) is 4.96. The highest BCUT2D eigenvalue weighted by molar-refractivity contribution is 5.86. The Hall–Kier alpha value is -1.47. The third kappa shape index (κ3) is 3.40. The molecular formula is C16H26N4O3. The summed E-state index contributed by atoms with van der Waals surface area (Å²) in [4.78, 5) is 19.7. The summed E-state index contributed by atoms with van der Waals surface area (Å²) in [5, 5.41) is 6.90. The fourth-order valence-electron chi connectivity index (χ4n) is 3.70. The van der Waals surface area contributed by atoms with Crippen molar-refractivity contribution in [3.8, 4) is 0 Å². The second kappa shape index (κ2) is 6.97. The molecule has 2 fully saturated rings. The first-order valence-electron chi connectivity index (χ1n) is 8.56. The van der Waals surface area contributed by atoms with Crippen LogP contribution in [-0.4, -0.2) is 52.8 Å². The van der Waals surface area contributed by atoms with E-state index >= 15 is 0 Å². The molecule has 1 atom stereocenters. The summed E-state index contributed by atoms with van der Waals surface area (Å²) in [6.45, 7) is 6.71. The van der Waals surface area contributed by atoms with Crippen LogP contribution in [0.25, 0.3) is 0 Å². The average molecular weight is 322 g/mol. The molecule has 0 spiro atoms. The maximum absolute atomic E-state index is 13.1. The lowest BCUT2D eigenvalue weighted by Crippen LogP contribution is -2.62. The van der Waals surface area contributed by atoms with Gasteiger partial charge in [0.2, 0.25) is 11.8 Å². The van der Waals surface area contributed by atoms with Crippen LogP contribution < -0.4 is 5.32 Å². The number of morpholine rings is 1. The normalized spacial score (nSPS) is 23.4. The van der Waals surface area contributed by atoms with Crippen molar-refractivity contribution < 1.29 is 14.1 Å². The summed E-state index contributed by atoms with van der Waals surface area (Å²) >= 11 is 0. The predicted octanol–water partition coefficient (Wildman–Crippen LogP) is 1.59. The molecule has 128 valence electrons. The number of amides is 1. The second-order valence-electron chi connectivity index (χ2n) is 6.57. The average Bonchev–Trinajstić information content (AvgIpc) is 3.03. The molecule has 23 heavy (non-hydrogen) atoms. The molecule has 0 radical (unpaired) electrons. The standard InChI is InChI=1S/C16H26N4O3/c1-12(14-18-13(2)19-23-14)17-15(21)16(6-4-3-5-7-16)20-8-10-22-11-9-20/h12H,3-11H2,1-2H3,(H,17,21). The van der Waals surface area contributed by atoms with E-state index in [-0.39, 0.29) is 11.9 Å². The molecule has 1 saturated heterocycles. The number of nitrogens with zero attached hydrogens (tertiary/aromatic N) is 3. The fraction of sp³-hybridized carbons (Fsp3) is 0.812. The van der Waals surface area contributed by atoms with E-state index in [4.69, 9.17) is 9.26 Å². The van der Waals surface area contributed by atoms with Crippen LogP contribution in [0.3, 0.4) is 0 Å². The summed E-state index contributed by atoms with van der Waals surface area (Å²) in [6.07, 6.45) is 5.22. The molecule has 1 aliphatic carbocycles. The predicted molar refractivity (Wildman–Crippen MR) is 83.8 cm³/mol. The minimum Gasteiger partial charge on any atom is -0.379 e. The molecular weight excluding hydrogens is 296 g/mol. The Morgan fingerprint density at radius 1 is 1.26 bits per heavy atom. The van der Waals surface area contributed by atoms with Gasteiger partial charge in [-0.05, 0) is 26.7 Å². The maximum Gasteiger partial charge on any atom is 0.248 e. The van der Waals surface area contributed by atoms with Crippen LogP contribution in [0.2, 0.25) is 0 Å². The molecule has 3 rings (SSSR count). The van der Waals surface area contributed by atoms with Gasteiger partial charge in [-0.15, -0.1) is 0 Å². The van der Waals surface area contributed by atoms with E-state index in [1.54, 1.807) is 6.92 Å². The summed E-state index contributed by atoms with van der Waals surface area (Å²) < 4.78 is 10.6. The van der Waals surface area contributed by atoms with Crippen LogP contribution in [0.5, 0.6) is 0 Å². The van der Waals surface area contributed by atoms with E-state index in [0.29, 0.717) is 24.9 Å². The van der Waals surface area contributed by atoms with Gasteiger partial charge in [-0.1, -0.05) is 24.4 Å². The smallest absolute Gasteiger partial charge is 0.248 e. The number of aryl methyl sites for hydroxylation is 1. The van der Waals surface area contributed by atoms with Gasteiger partial charge in [0, 0.05) is 13.1 Å². The third-order valence-corrected chi connectivity index (χ3v) is 4.98. The number of hydrogen-bond donors (Lipinski definition) is 1. The number of hydrogen-bond acceptors (Lipinski definition) is 6. The van der Waals surface area contributed by atoms with Crippen LogP contribution in [0.4, 0.5) is 0 Å². The van der Waals surface area contributed by atoms with Crippen LogP contribution in [0, 0.1) is 6.92 Å². The minimum atomic E-state index is -0.411. The van der Waals surface area contributed by atoms with E-state index in [1.165, 1.54) is 6.42 Å². The summed E-state index contributed by atoms with van der Waals surface area (Å²) in [5.41, 5.74) is -0.411. The molecule has 1 aliphatic heterocycles. The topological polar surface area (TPSA) is 80.5 Å². The molecule has 2 heterocycles. The summed E-state index contributed by atoms with van der Waals surface area (Å²) in [7, 11) is 0. The van der Waals surface area contributed by atoms with Gasteiger partial charge in [0.25, 0.3) is 0 Å². The van der Waals surface area contributed by atoms with Crippen molar-refractivity contribution in [1.29, 1.82) is 0 Å². The van der Waals surface area contributed by atoms with E-state index in [9.17, 15) is 4.79 Å². The van der Waals surface area contributed by atoms with Crippen molar-refractivity contribution in [3.63, 3.8) is 0 Å². The second-order valence-corrected chi connectivity index (χ2v) is 6.57. The van der Waals surface area contributed by atoms with Crippen molar-refractivity contribution >= 4 is 5.91 Å². The lowest BCUT2D eigenvalue weighted by Gasteiger charge is -2.46. The fourth-order valence-corrected chi connectivity index (χ4v) is 3.70. The van der Waals surface area contributed by atoms with Crippen molar-refractivity contribution in [2.75, 3.05) is 26.3 Å². The van der Waals surface area contributed by atoms with Gasteiger partial charge < -0.3 is 14.6 Å². The van der Waals surface area contributed by atoms with Gasteiger partial charge >= 0.3 is 0 Å². The van der Waals surface area contributed by atoms with Crippen molar-refractivity contribution in [2.24, 2.45) is 0 Å². The highest BCUT2D eigenvalue weighted by atomic mass is 16.5. The first kappa shape index (κ1) is 16.4. The largest absolute Gasteiger partial charge is 0.379 e. The number of carbonyl (C=O) groups is 1. The number of ether oxygens (including phenoxy) is 1. The molecule has 1 amide bonds. The van der Waals surface area contributed by atoms with Gasteiger partial charge in [0.15, 0.2) is 5.82 Å². The van der Waals surface area contributed by atoms with Gasteiger partial charge in [0.1, 0.15) is 11.6 Å². The quantitative estimate of drug-likeness (QED) is 0.907. The maximum atomic E-state index is 13.1. The lowest BCUT2D eigenvalue weighted by atomic mass is 9.79. The molecule has 1 aromatic rings. The number of carbonyl (C=O) groups excluding carboxylic acids is 1. The van der Waals surface area contributed by atoms with Gasteiger partial charge in [-0.3, -0.25) is 9.69 Å². The molecule has 1 saturated carbocycles. The number of nitrogens with one attached hydrogen (secondary N) is 1. The van der Waals surface area contributed by atoms with Gasteiger partial charge in [0.05, 0.1) is 13.2 Å². The molecule has 0 bridgehead atoms. The Balaban J connectivity index is 1.74. The third-order valence-electron chi connectivity index (χ3n) is 4.98. The van der Waals surface area contributed by atoms with Crippen molar-refractivity contribution in [3.05, 3.63) is 11.7 Å². The lowest BCUT2D eigenvalue weighted by molar-refractivity contribution is -0.141. The summed E-state index contributed by atoms with van der Waals surface area (Å²) in [5.74, 6) is 1.13. The SMILES string of the molecule is Cc1noc(C(C)NC(=O)C2(N3CCOCC3)CCCCC2)n1. The Morgan fingerprint density at radius 2 is 1.96 bits per heavy atom. The Morgan fingerprint density at radius 3 is 2.57 bits per heavy atom. The first-order valence-corrected chi connectivity index (χ1v) is 8.56. The highest BCUT2D eigenvalue weighted by Gasteiger charge is 2.45. The molecule has 1 aromatic heterocycles. The zero-order valence-electron chi connectivity index (χ0n) is 14.0. The minimum absolute atomic E-state index is 0.0856. The number of rotatable bonds is 4. The molecule has 1 N–H and O–H groups in total. The van der Waals surface area contributed by atoms with E-state index in [2.05, 4.69) is 20.4 Å². The van der Waals surface area contributed by atoms with E-state index in [1.807, 2.05) is 6.92 Å². The van der Waals surface area contributed by atoms with Crippen molar-refractivity contribution in [1.82, 2.24) is 20.4 Å². The Bertz CT molecular complexity index is 533. The van der Waals surface area contributed by atoms with Crippen LogP contribution in [0.15, 0.2) is 4.52 Å². The summed E-state index contributed by atoms with van der Waals surface area (Å²) in [6, 6.07) is -0.274. The van der Waals surface area contributed by atoms with Crippen LogP contribution in [-0.2, 0) is 9.53 Å². The van der Waals surface area contributed by atoms with E-state index < -0.39 is 5.54 Å². The first-order chi connectivity index (χ1) is 11.1. The van der Waals surface area contributed by atoms with Crippen LogP contribution >= 0.6 is 0 Å². The molecule has 0 aromatic carbocycles. The van der Waals surface area contributed by atoms with Gasteiger partial charge in [-0.25, -0.2) is 0 Å².